The van der Waals surface area contributed by atoms with E-state index >= 15 is 0 Å². The highest BCUT2D eigenvalue weighted by Crippen LogP contribution is 2.11. The van der Waals surface area contributed by atoms with Gasteiger partial charge in [0.2, 0.25) is 21.3 Å². The molecule has 0 aliphatic carbocycles. The van der Waals surface area contributed by atoms with Crippen LogP contribution in [0.4, 0.5) is 5.95 Å². The molecule has 0 aliphatic heterocycles. The van der Waals surface area contributed by atoms with Gasteiger partial charge in [-0.05, 0) is 24.9 Å². The summed E-state index contributed by atoms with van der Waals surface area (Å²) in [5, 5.41) is 3.01. The topological polar surface area (TPSA) is 97.3 Å². The first-order valence-corrected chi connectivity index (χ1v) is 8.82. The summed E-state index contributed by atoms with van der Waals surface area (Å²) in [6, 6.07) is 0.159. The zero-order valence-corrected chi connectivity index (χ0v) is 13.9. The van der Waals surface area contributed by atoms with Gasteiger partial charge in [0.1, 0.15) is 0 Å². The van der Waals surface area contributed by atoms with Crippen molar-refractivity contribution in [1.82, 2.24) is 19.3 Å². The summed E-state index contributed by atoms with van der Waals surface area (Å²) >= 11 is 5.76. The number of nitrogens with one attached hydrogen (secondary N) is 1. The van der Waals surface area contributed by atoms with Crippen molar-refractivity contribution in [2.75, 3.05) is 37.8 Å². The van der Waals surface area contributed by atoms with E-state index in [4.69, 9.17) is 16.3 Å². The fourth-order valence-corrected chi connectivity index (χ4v) is 2.70. The zero-order valence-electron chi connectivity index (χ0n) is 12.3. The maximum absolute atomic E-state index is 11.4. The predicted molar refractivity (Wildman–Crippen MR) is 81.2 cm³/mol. The second-order valence-corrected chi connectivity index (χ2v) is 6.50. The number of hydrogen-bond acceptors (Lipinski definition) is 7. The van der Waals surface area contributed by atoms with Crippen molar-refractivity contribution < 1.29 is 13.2 Å². The van der Waals surface area contributed by atoms with Gasteiger partial charge in [-0.1, -0.05) is 6.92 Å². The largest absolute Gasteiger partial charge is 0.464 e. The molecule has 0 saturated heterocycles. The van der Waals surface area contributed by atoms with Crippen LogP contribution in [0.1, 0.15) is 20.3 Å². The van der Waals surface area contributed by atoms with Gasteiger partial charge >= 0.3 is 6.01 Å². The number of hydrogen-bond donors (Lipinski definition) is 1. The van der Waals surface area contributed by atoms with Crippen molar-refractivity contribution in [2.45, 2.75) is 20.3 Å². The molecule has 0 radical (unpaired) electrons. The Morgan fingerprint density at radius 1 is 1.29 bits per heavy atom. The molecule has 0 spiro atoms. The third kappa shape index (κ3) is 6.40. The second kappa shape index (κ2) is 8.30. The monoisotopic (exact) mass is 337 g/mol. The van der Waals surface area contributed by atoms with E-state index in [2.05, 4.69) is 20.3 Å². The Labute approximate surface area is 129 Å². The van der Waals surface area contributed by atoms with Crippen molar-refractivity contribution in [3.05, 3.63) is 5.28 Å². The Balaban J connectivity index is 2.49. The summed E-state index contributed by atoms with van der Waals surface area (Å²) < 4.78 is 29.4. The average Bonchev–Trinajstić information content (AvgIpc) is 2.37. The molecule has 0 fully saturated rings. The lowest BCUT2D eigenvalue weighted by Gasteiger charge is -2.17. The molecule has 0 saturated carbocycles. The van der Waals surface area contributed by atoms with Crippen molar-refractivity contribution in [1.29, 1.82) is 0 Å². The molecule has 120 valence electrons. The van der Waals surface area contributed by atoms with Gasteiger partial charge in [-0.2, -0.15) is 15.0 Å². The minimum atomic E-state index is -3.16. The number of nitrogens with zero attached hydrogens (tertiary/aromatic N) is 4. The first-order valence-electron chi connectivity index (χ1n) is 6.60. The molecule has 1 rings (SSSR count). The molecule has 0 aromatic carbocycles. The molecular formula is C11H20ClN5O3S. The highest BCUT2D eigenvalue weighted by molar-refractivity contribution is 7.88. The molecule has 0 unspecified atom stereocenters. The third-order valence-electron chi connectivity index (χ3n) is 2.55. The van der Waals surface area contributed by atoms with Crippen LogP contribution in [-0.2, 0) is 10.0 Å². The lowest BCUT2D eigenvalue weighted by atomic mass is 10.4. The first kappa shape index (κ1) is 17.9. The Hall–Kier alpha value is -1.19. The number of halogens is 1. The lowest BCUT2D eigenvalue weighted by Crippen LogP contribution is -2.31. The molecule has 21 heavy (non-hydrogen) atoms. The standard InChI is InChI=1S/C11H20ClN5O3S/c1-4-17(21(3,18)19)8-6-7-13-10-14-9(12)15-11(16-10)20-5-2/h4-8H2,1-3H3,(H,13,14,15,16). The van der Waals surface area contributed by atoms with Crippen LogP contribution in [0.15, 0.2) is 0 Å². The van der Waals surface area contributed by atoms with Crippen molar-refractivity contribution >= 4 is 27.6 Å². The molecule has 1 heterocycles. The van der Waals surface area contributed by atoms with Gasteiger partial charge in [-0.3, -0.25) is 0 Å². The van der Waals surface area contributed by atoms with Gasteiger partial charge in [-0.15, -0.1) is 0 Å². The fraction of sp³-hybridized carbons (Fsp3) is 0.727. The molecule has 0 bridgehead atoms. The van der Waals surface area contributed by atoms with Gasteiger partial charge in [0.05, 0.1) is 12.9 Å². The van der Waals surface area contributed by atoms with E-state index < -0.39 is 10.0 Å². The Morgan fingerprint density at radius 2 is 2.00 bits per heavy atom. The van der Waals surface area contributed by atoms with Crippen LogP contribution in [0.2, 0.25) is 5.28 Å². The van der Waals surface area contributed by atoms with Crippen LogP contribution in [-0.4, -0.2) is 60.2 Å². The van der Waals surface area contributed by atoms with E-state index in [1.54, 1.807) is 6.92 Å². The zero-order chi connectivity index (χ0) is 15.9. The predicted octanol–water partition coefficient (Wildman–Crippen LogP) is 1.01. The van der Waals surface area contributed by atoms with Crippen LogP contribution in [0, 0.1) is 0 Å². The van der Waals surface area contributed by atoms with E-state index in [-0.39, 0.29) is 11.3 Å². The van der Waals surface area contributed by atoms with E-state index in [1.165, 1.54) is 10.6 Å². The lowest BCUT2D eigenvalue weighted by molar-refractivity contribution is 0.312. The minimum absolute atomic E-state index is 0.0438. The summed E-state index contributed by atoms with van der Waals surface area (Å²) in [6.07, 6.45) is 1.82. The highest BCUT2D eigenvalue weighted by atomic mass is 35.5. The maximum Gasteiger partial charge on any atom is 0.322 e. The minimum Gasteiger partial charge on any atom is -0.464 e. The fourth-order valence-electron chi connectivity index (χ4n) is 1.62. The molecule has 1 aromatic heterocycles. The molecule has 10 heteroatoms. The Bertz CT molecular complexity index is 555. The second-order valence-electron chi connectivity index (χ2n) is 4.18. The summed E-state index contributed by atoms with van der Waals surface area (Å²) in [6.45, 7) is 5.44. The summed E-state index contributed by atoms with van der Waals surface area (Å²) in [5.41, 5.74) is 0. The summed E-state index contributed by atoms with van der Waals surface area (Å²) in [5.74, 6) is 0.306. The normalized spacial score (nSPS) is 11.7. The van der Waals surface area contributed by atoms with Crippen LogP contribution >= 0.6 is 11.6 Å². The quantitative estimate of drug-likeness (QED) is 0.671. The first-order chi connectivity index (χ1) is 9.86. The maximum atomic E-state index is 11.4. The smallest absolute Gasteiger partial charge is 0.322 e. The number of anilines is 1. The molecule has 0 atom stereocenters. The summed E-state index contributed by atoms with van der Waals surface area (Å²) in [7, 11) is -3.16. The molecule has 1 aromatic rings. The van der Waals surface area contributed by atoms with Crippen LogP contribution < -0.4 is 10.1 Å². The molecule has 0 amide bonds. The van der Waals surface area contributed by atoms with Crippen LogP contribution in [0.5, 0.6) is 6.01 Å². The van der Waals surface area contributed by atoms with E-state index in [0.29, 0.717) is 38.6 Å². The van der Waals surface area contributed by atoms with E-state index in [9.17, 15) is 8.42 Å². The highest BCUT2D eigenvalue weighted by Gasteiger charge is 2.13. The molecule has 0 aliphatic rings. The Morgan fingerprint density at radius 3 is 2.57 bits per heavy atom. The third-order valence-corrected chi connectivity index (χ3v) is 4.10. The molecular weight excluding hydrogens is 318 g/mol. The number of aromatic nitrogens is 3. The van der Waals surface area contributed by atoms with Crippen molar-refractivity contribution in [3.8, 4) is 6.01 Å². The van der Waals surface area contributed by atoms with Gasteiger partial charge in [0.15, 0.2) is 0 Å². The number of sulfonamides is 1. The number of rotatable bonds is 9. The van der Waals surface area contributed by atoms with Crippen molar-refractivity contribution in [2.24, 2.45) is 0 Å². The van der Waals surface area contributed by atoms with Crippen LogP contribution in [0.3, 0.4) is 0 Å². The SMILES string of the molecule is CCOc1nc(Cl)nc(NCCCN(CC)S(C)(=O)=O)n1. The summed E-state index contributed by atoms with van der Waals surface area (Å²) in [4.78, 5) is 11.8. The van der Waals surface area contributed by atoms with Gasteiger partial charge in [0, 0.05) is 19.6 Å². The van der Waals surface area contributed by atoms with E-state index in [0.717, 1.165) is 0 Å². The van der Waals surface area contributed by atoms with Gasteiger partial charge in [-0.25, -0.2) is 12.7 Å². The van der Waals surface area contributed by atoms with Crippen molar-refractivity contribution in [3.63, 3.8) is 0 Å². The van der Waals surface area contributed by atoms with Gasteiger partial charge < -0.3 is 10.1 Å². The van der Waals surface area contributed by atoms with E-state index in [1.807, 2.05) is 6.92 Å². The van der Waals surface area contributed by atoms with Gasteiger partial charge in [0.25, 0.3) is 0 Å². The molecule has 8 nitrogen and oxygen atoms in total. The average molecular weight is 338 g/mol. The Kier molecular flexibility index (Phi) is 7.06. The number of ether oxygens (including phenoxy) is 1. The molecule has 1 N–H and O–H groups in total. The van der Waals surface area contributed by atoms with Crippen LogP contribution in [0.25, 0.3) is 0 Å².